The molecule has 0 unspecified atom stereocenters. The van der Waals surface area contributed by atoms with Crippen LogP contribution in [-0.2, 0) is 0 Å². The lowest BCUT2D eigenvalue weighted by atomic mass is 10.0. The highest BCUT2D eigenvalue weighted by atomic mass is 14.9. The Kier molecular flexibility index (Phi) is 2.15. The number of imidazole rings is 1. The summed E-state index contributed by atoms with van der Waals surface area (Å²) in [7, 11) is 0. The smallest absolute Gasteiger partial charge is 0.137 e. The van der Waals surface area contributed by atoms with Crippen LogP contribution < -0.4 is 0 Å². The van der Waals surface area contributed by atoms with Crippen LogP contribution in [0.1, 0.15) is 0 Å². The van der Waals surface area contributed by atoms with Gasteiger partial charge in [0.2, 0.25) is 0 Å². The highest BCUT2D eigenvalue weighted by molar-refractivity contribution is 5.99. The monoisotopic (exact) mass is 243 g/mol. The lowest BCUT2D eigenvalue weighted by Gasteiger charge is -2.03. The minimum atomic E-state index is 0.857. The van der Waals surface area contributed by atoms with Crippen molar-refractivity contribution in [2.75, 3.05) is 0 Å². The molecule has 1 heterocycles. The molecular weight excluding hydrogens is 232 g/mol. The molecule has 1 N–H and O–H groups in total. The first-order valence-corrected chi connectivity index (χ1v) is 6.25. The average molecular weight is 243 g/mol. The number of benzene rings is 3. The zero-order chi connectivity index (χ0) is 12.7. The van der Waals surface area contributed by atoms with E-state index in [1.807, 2.05) is 6.20 Å². The maximum atomic E-state index is 4.27. The van der Waals surface area contributed by atoms with E-state index in [2.05, 4.69) is 64.6 Å². The number of hydrogen-bond acceptors (Lipinski definition) is 1. The highest BCUT2D eigenvalue weighted by Gasteiger charge is 2.03. The lowest BCUT2D eigenvalue weighted by molar-refractivity contribution is 1.31. The molecule has 3 aromatic carbocycles. The van der Waals surface area contributed by atoms with E-state index in [0.717, 1.165) is 16.8 Å². The van der Waals surface area contributed by atoms with Gasteiger partial charge in [-0.2, -0.15) is 0 Å². The van der Waals surface area contributed by atoms with Crippen molar-refractivity contribution in [3.63, 3.8) is 0 Å². The SMILES string of the molecule is [c]1c(-c2ncc[nH]2)ccc2cc3ccccc3cc12. The maximum absolute atomic E-state index is 4.27. The second-order valence-corrected chi connectivity index (χ2v) is 4.60. The third-order valence-corrected chi connectivity index (χ3v) is 3.37. The summed E-state index contributed by atoms with van der Waals surface area (Å²) in [5, 5.41) is 4.82. The summed E-state index contributed by atoms with van der Waals surface area (Å²) in [6.45, 7) is 0. The summed E-state index contributed by atoms with van der Waals surface area (Å²) in [5.74, 6) is 0.857. The van der Waals surface area contributed by atoms with E-state index in [-0.39, 0.29) is 0 Å². The van der Waals surface area contributed by atoms with Crippen LogP contribution in [0.2, 0.25) is 0 Å². The van der Waals surface area contributed by atoms with Gasteiger partial charge in [-0.1, -0.05) is 30.3 Å². The van der Waals surface area contributed by atoms with Gasteiger partial charge in [0.15, 0.2) is 0 Å². The molecule has 1 aromatic heterocycles. The van der Waals surface area contributed by atoms with Gasteiger partial charge in [-0.25, -0.2) is 4.98 Å². The fraction of sp³-hybridized carbons (Fsp3) is 0. The molecule has 0 bridgehead atoms. The summed E-state index contributed by atoms with van der Waals surface area (Å²) < 4.78 is 0. The topological polar surface area (TPSA) is 28.7 Å². The summed E-state index contributed by atoms with van der Waals surface area (Å²) in [4.78, 5) is 7.38. The minimum Gasteiger partial charge on any atom is -0.345 e. The van der Waals surface area contributed by atoms with Crippen molar-refractivity contribution in [1.29, 1.82) is 0 Å². The van der Waals surface area contributed by atoms with E-state index < -0.39 is 0 Å². The predicted octanol–water partition coefficient (Wildman–Crippen LogP) is 4.18. The van der Waals surface area contributed by atoms with E-state index >= 15 is 0 Å². The van der Waals surface area contributed by atoms with E-state index in [1.54, 1.807) is 6.20 Å². The van der Waals surface area contributed by atoms with Crippen LogP contribution in [-0.4, -0.2) is 9.97 Å². The predicted molar refractivity (Wildman–Crippen MR) is 77.9 cm³/mol. The molecule has 0 saturated heterocycles. The van der Waals surface area contributed by atoms with Gasteiger partial charge in [-0.15, -0.1) is 0 Å². The van der Waals surface area contributed by atoms with Crippen molar-refractivity contribution >= 4 is 21.5 Å². The Morgan fingerprint density at radius 1 is 0.895 bits per heavy atom. The molecular formula is C17H11N2. The molecule has 0 amide bonds. The molecule has 0 saturated carbocycles. The normalized spacial score (nSPS) is 11.2. The van der Waals surface area contributed by atoms with E-state index in [0.29, 0.717) is 0 Å². The van der Waals surface area contributed by atoms with Crippen molar-refractivity contribution in [1.82, 2.24) is 9.97 Å². The van der Waals surface area contributed by atoms with Crippen molar-refractivity contribution in [2.45, 2.75) is 0 Å². The molecule has 89 valence electrons. The molecule has 0 aliphatic rings. The van der Waals surface area contributed by atoms with Crippen molar-refractivity contribution in [3.8, 4) is 11.4 Å². The summed E-state index contributed by atoms with van der Waals surface area (Å²) in [5.41, 5.74) is 0.993. The van der Waals surface area contributed by atoms with Crippen LogP contribution in [0.3, 0.4) is 0 Å². The van der Waals surface area contributed by atoms with Crippen molar-refractivity contribution < 1.29 is 0 Å². The number of nitrogens with one attached hydrogen (secondary N) is 1. The van der Waals surface area contributed by atoms with Crippen LogP contribution in [0.25, 0.3) is 32.9 Å². The first kappa shape index (κ1) is 10.3. The van der Waals surface area contributed by atoms with E-state index in [9.17, 15) is 0 Å². The lowest BCUT2D eigenvalue weighted by Crippen LogP contribution is -1.82. The fourth-order valence-corrected chi connectivity index (χ4v) is 2.41. The third kappa shape index (κ3) is 1.69. The van der Waals surface area contributed by atoms with Gasteiger partial charge < -0.3 is 4.98 Å². The van der Waals surface area contributed by atoms with Gasteiger partial charge in [0.1, 0.15) is 5.82 Å². The molecule has 2 heteroatoms. The Labute approximate surface area is 110 Å². The first-order valence-electron chi connectivity index (χ1n) is 6.25. The number of rotatable bonds is 1. The summed E-state index contributed by atoms with van der Waals surface area (Å²) >= 11 is 0. The van der Waals surface area contributed by atoms with Crippen LogP contribution in [0.15, 0.2) is 60.9 Å². The Balaban J connectivity index is 2.00. The number of fused-ring (bicyclic) bond motifs is 2. The Hall–Kier alpha value is -2.61. The molecule has 0 atom stereocenters. The zero-order valence-electron chi connectivity index (χ0n) is 10.2. The molecule has 0 spiro atoms. The summed E-state index contributed by atoms with van der Waals surface area (Å²) in [6, 6.07) is 20.4. The minimum absolute atomic E-state index is 0.857. The summed E-state index contributed by atoms with van der Waals surface area (Å²) in [6.07, 6.45) is 3.58. The third-order valence-electron chi connectivity index (χ3n) is 3.37. The Morgan fingerprint density at radius 3 is 2.53 bits per heavy atom. The van der Waals surface area contributed by atoms with Crippen LogP contribution in [0, 0.1) is 6.07 Å². The van der Waals surface area contributed by atoms with Crippen LogP contribution in [0.4, 0.5) is 0 Å². The Bertz CT molecular complexity index is 861. The largest absolute Gasteiger partial charge is 0.345 e. The number of hydrogen-bond donors (Lipinski definition) is 1. The first-order chi connectivity index (χ1) is 9.40. The van der Waals surface area contributed by atoms with Crippen molar-refractivity contribution in [3.05, 3.63) is 67.0 Å². The van der Waals surface area contributed by atoms with Gasteiger partial charge in [0.25, 0.3) is 0 Å². The molecule has 4 aromatic rings. The van der Waals surface area contributed by atoms with Gasteiger partial charge in [0, 0.05) is 24.0 Å². The van der Waals surface area contributed by atoms with Gasteiger partial charge in [-0.05, 0) is 39.7 Å². The molecule has 0 aliphatic heterocycles. The van der Waals surface area contributed by atoms with Gasteiger partial charge >= 0.3 is 0 Å². The number of aromatic amines is 1. The quantitative estimate of drug-likeness (QED) is 0.499. The van der Waals surface area contributed by atoms with Crippen molar-refractivity contribution in [2.24, 2.45) is 0 Å². The fourth-order valence-electron chi connectivity index (χ4n) is 2.41. The van der Waals surface area contributed by atoms with Gasteiger partial charge in [0.05, 0.1) is 0 Å². The van der Waals surface area contributed by atoms with Crippen LogP contribution >= 0.6 is 0 Å². The zero-order valence-corrected chi connectivity index (χ0v) is 10.2. The molecule has 0 aliphatic carbocycles. The van der Waals surface area contributed by atoms with Crippen LogP contribution in [0.5, 0.6) is 0 Å². The maximum Gasteiger partial charge on any atom is 0.137 e. The number of aromatic nitrogens is 2. The molecule has 1 radical (unpaired) electrons. The molecule has 19 heavy (non-hydrogen) atoms. The number of H-pyrrole nitrogens is 1. The van der Waals surface area contributed by atoms with E-state index in [4.69, 9.17) is 0 Å². The standard InChI is InChI=1S/C17H11N2/c1-2-4-13-10-16-11-15(17-18-7-8-19-17)6-5-14(16)9-12(13)3-1/h1-10H,(H,18,19). The second-order valence-electron chi connectivity index (χ2n) is 4.60. The molecule has 4 rings (SSSR count). The van der Waals surface area contributed by atoms with E-state index in [1.165, 1.54) is 16.2 Å². The number of nitrogens with zero attached hydrogens (tertiary/aromatic N) is 1. The average Bonchev–Trinajstić information content (AvgIpc) is 2.98. The van der Waals surface area contributed by atoms with Gasteiger partial charge in [-0.3, -0.25) is 0 Å². The molecule has 0 fully saturated rings. The Morgan fingerprint density at radius 2 is 1.74 bits per heavy atom. The highest BCUT2D eigenvalue weighted by Crippen LogP contribution is 2.25. The second kappa shape index (κ2) is 3.95. The molecule has 2 nitrogen and oxygen atoms in total.